The number of amides is 4. The molecule has 2 aromatic rings. The van der Waals surface area contributed by atoms with Crippen LogP contribution in [0.3, 0.4) is 0 Å². The third kappa shape index (κ3) is 6.32. The summed E-state index contributed by atoms with van der Waals surface area (Å²) >= 11 is 0. The predicted molar refractivity (Wildman–Crippen MR) is 105 cm³/mol. The van der Waals surface area contributed by atoms with Gasteiger partial charge in [-0.25, -0.2) is 9.59 Å². The van der Waals surface area contributed by atoms with Crippen molar-refractivity contribution in [2.45, 2.75) is 0 Å². The Balaban J connectivity index is 1.72. The second-order valence-electron chi connectivity index (χ2n) is 5.82. The molecular weight excluding hydrogens is 328 g/mol. The van der Waals surface area contributed by atoms with Crippen LogP contribution in [0.5, 0.6) is 0 Å². The van der Waals surface area contributed by atoms with Crippen LogP contribution in [0, 0.1) is 0 Å². The maximum absolute atomic E-state index is 12.1. The molecule has 0 bridgehead atoms. The zero-order valence-corrected chi connectivity index (χ0v) is 15.1. The van der Waals surface area contributed by atoms with Crippen molar-refractivity contribution in [1.82, 2.24) is 9.80 Å². The van der Waals surface area contributed by atoms with E-state index in [2.05, 4.69) is 10.6 Å². The Labute approximate surface area is 154 Å². The number of anilines is 2. The van der Waals surface area contributed by atoms with Gasteiger partial charge in [0.05, 0.1) is 0 Å². The Bertz CT molecular complexity index is 668. The minimum atomic E-state index is -0.184. The summed E-state index contributed by atoms with van der Waals surface area (Å²) in [6.07, 6.45) is 3.72. The van der Waals surface area contributed by atoms with Crippen LogP contribution in [-0.2, 0) is 0 Å². The van der Waals surface area contributed by atoms with Crippen LogP contribution >= 0.6 is 0 Å². The lowest BCUT2D eigenvalue weighted by Gasteiger charge is -2.17. The fraction of sp³-hybridized carbons (Fsp3) is 0.200. The van der Waals surface area contributed by atoms with E-state index in [1.54, 1.807) is 23.9 Å². The van der Waals surface area contributed by atoms with Gasteiger partial charge >= 0.3 is 12.1 Å². The average molecular weight is 352 g/mol. The molecule has 26 heavy (non-hydrogen) atoms. The summed E-state index contributed by atoms with van der Waals surface area (Å²) in [5.41, 5.74) is 1.51. The van der Waals surface area contributed by atoms with E-state index in [-0.39, 0.29) is 12.1 Å². The number of nitrogens with one attached hydrogen (secondary N) is 2. The maximum Gasteiger partial charge on any atom is 0.321 e. The van der Waals surface area contributed by atoms with E-state index in [4.69, 9.17) is 0 Å². The molecule has 0 unspecified atom stereocenters. The average Bonchev–Trinajstić information content (AvgIpc) is 2.66. The zero-order valence-electron chi connectivity index (χ0n) is 15.1. The summed E-state index contributed by atoms with van der Waals surface area (Å²) in [4.78, 5) is 27.2. The molecular formula is C20H24N4O2. The molecule has 0 spiro atoms. The van der Waals surface area contributed by atoms with Gasteiger partial charge in [-0.1, -0.05) is 48.6 Å². The van der Waals surface area contributed by atoms with Crippen molar-refractivity contribution >= 4 is 23.4 Å². The summed E-state index contributed by atoms with van der Waals surface area (Å²) in [5, 5.41) is 5.63. The van der Waals surface area contributed by atoms with Gasteiger partial charge in [0.25, 0.3) is 0 Å². The van der Waals surface area contributed by atoms with Crippen LogP contribution < -0.4 is 10.6 Å². The summed E-state index contributed by atoms with van der Waals surface area (Å²) in [6.45, 7) is 0.902. The largest absolute Gasteiger partial charge is 0.324 e. The number of nitrogens with zero attached hydrogens (tertiary/aromatic N) is 2. The third-order valence-electron chi connectivity index (χ3n) is 3.67. The van der Waals surface area contributed by atoms with E-state index in [1.807, 2.05) is 72.8 Å². The van der Waals surface area contributed by atoms with Gasteiger partial charge in [-0.3, -0.25) is 0 Å². The molecule has 6 heteroatoms. The van der Waals surface area contributed by atoms with Crippen LogP contribution in [0.25, 0.3) is 0 Å². The van der Waals surface area contributed by atoms with Crippen molar-refractivity contribution in [3.63, 3.8) is 0 Å². The summed E-state index contributed by atoms with van der Waals surface area (Å²) in [5.74, 6) is 0. The Kier molecular flexibility index (Phi) is 7.24. The molecule has 0 aliphatic carbocycles. The van der Waals surface area contributed by atoms with Gasteiger partial charge in [0.1, 0.15) is 0 Å². The first-order chi connectivity index (χ1) is 12.6. The van der Waals surface area contributed by atoms with Gasteiger partial charge in [-0.2, -0.15) is 0 Å². The minimum absolute atomic E-state index is 0.184. The highest BCUT2D eigenvalue weighted by Gasteiger charge is 2.08. The van der Waals surface area contributed by atoms with E-state index >= 15 is 0 Å². The molecule has 6 nitrogen and oxygen atoms in total. The van der Waals surface area contributed by atoms with Crippen LogP contribution in [0.15, 0.2) is 72.8 Å². The van der Waals surface area contributed by atoms with E-state index in [0.717, 1.165) is 11.4 Å². The molecule has 2 rings (SSSR count). The van der Waals surface area contributed by atoms with Crippen molar-refractivity contribution in [3.8, 4) is 0 Å². The third-order valence-corrected chi connectivity index (χ3v) is 3.67. The number of rotatable bonds is 6. The number of urea groups is 2. The number of para-hydroxylation sites is 2. The molecule has 0 radical (unpaired) electrons. The van der Waals surface area contributed by atoms with Crippen molar-refractivity contribution in [3.05, 3.63) is 72.8 Å². The second-order valence-corrected chi connectivity index (χ2v) is 5.82. The SMILES string of the molecule is CN(C/C=C/CN(C)C(=O)Nc1ccccc1)C(=O)Nc1ccccc1. The molecule has 0 saturated heterocycles. The molecule has 0 aromatic heterocycles. The summed E-state index contributed by atoms with van der Waals surface area (Å²) < 4.78 is 0. The van der Waals surface area contributed by atoms with E-state index in [1.165, 1.54) is 0 Å². The Morgan fingerprint density at radius 3 is 1.42 bits per heavy atom. The molecule has 0 saturated carbocycles. The number of likely N-dealkylation sites (N-methyl/N-ethyl adjacent to an activating group) is 2. The van der Waals surface area contributed by atoms with Crippen molar-refractivity contribution in [2.75, 3.05) is 37.8 Å². The highest BCUT2D eigenvalue weighted by atomic mass is 16.2. The number of benzene rings is 2. The van der Waals surface area contributed by atoms with E-state index < -0.39 is 0 Å². The van der Waals surface area contributed by atoms with Crippen molar-refractivity contribution in [1.29, 1.82) is 0 Å². The van der Waals surface area contributed by atoms with Crippen LogP contribution in [0.2, 0.25) is 0 Å². The van der Waals surface area contributed by atoms with Gasteiger partial charge in [0.15, 0.2) is 0 Å². The number of hydrogen-bond acceptors (Lipinski definition) is 2. The lowest BCUT2D eigenvalue weighted by atomic mass is 10.3. The van der Waals surface area contributed by atoms with Crippen LogP contribution in [-0.4, -0.2) is 49.0 Å². The number of carbonyl (C=O) groups excluding carboxylic acids is 2. The van der Waals surface area contributed by atoms with E-state index in [9.17, 15) is 9.59 Å². The first-order valence-corrected chi connectivity index (χ1v) is 8.35. The molecule has 4 amide bonds. The smallest absolute Gasteiger partial charge is 0.321 e. The first-order valence-electron chi connectivity index (χ1n) is 8.35. The van der Waals surface area contributed by atoms with E-state index in [0.29, 0.717) is 13.1 Å². The Morgan fingerprint density at radius 2 is 1.08 bits per heavy atom. The monoisotopic (exact) mass is 352 g/mol. The maximum atomic E-state index is 12.1. The van der Waals surface area contributed by atoms with Crippen LogP contribution in [0.4, 0.5) is 21.0 Å². The first kappa shape index (κ1) is 19.1. The normalized spacial score (nSPS) is 10.4. The molecule has 0 aliphatic heterocycles. The van der Waals surface area contributed by atoms with Gasteiger partial charge < -0.3 is 20.4 Å². The fourth-order valence-corrected chi connectivity index (χ4v) is 2.11. The number of carbonyl (C=O) groups is 2. The molecule has 0 heterocycles. The van der Waals surface area contributed by atoms with Crippen molar-refractivity contribution in [2.24, 2.45) is 0 Å². The van der Waals surface area contributed by atoms with Crippen LogP contribution in [0.1, 0.15) is 0 Å². The zero-order chi connectivity index (χ0) is 18.8. The Hall–Kier alpha value is -3.28. The number of hydrogen-bond donors (Lipinski definition) is 2. The molecule has 0 aliphatic rings. The van der Waals surface area contributed by atoms with Gasteiger partial charge in [0.2, 0.25) is 0 Å². The van der Waals surface area contributed by atoms with Gasteiger partial charge in [0, 0.05) is 38.6 Å². The molecule has 2 N–H and O–H groups in total. The summed E-state index contributed by atoms with van der Waals surface area (Å²) in [6, 6.07) is 18.2. The highest BCUT2D eigenvalue weighted by molar-refractivity contribution is 5.89. The quantitative estimate of drug-likeness (QED) is 0.775. The topological polar surface area (TPSA) is 64.7 Å². The molecule has 0 fully saturated rings. The minimum Gasteiger partial charge on any atom is -0.324 e. The second kappa shape index (κ2) is 9.88. The standard InChI is InChI=1S/C20H24N4O2/c1-23(19(25)21-17-11-5-3-6-12-17)15-9-10-16-24(2)20(26)22-18-13-7-4-8-14-18/h3-14H,15-16H2,1-2H3,(H,21,25)(H,22,26)/b10-9+. The molecule has 136 valence electrons. The Morgan fingerprint density at radius 1 is 0.731 bits per heavy atom. The molecule has 0 atom stereocenters. The van der Waals surface area contributed by atoms with Gasteiger partial charge in [-0.15, -0.1) is 0 Å². The summed E-state index contributed by atoms with van der Waals surface area (Å²) in [7, 11) is 3.43. The predicted octanol–water partition coefficient (Wildman–Crippen LogP) is 3.87. The lowest BCUT2D eigenvalue weighted by Crippen LogP contribution is -2.32. The lowest BCUT2D eigenvalue weighted by molar-refractivity contribution is 0.225. The molecule has 2 aromatic carbocycles. The highest BCUT2D eigenvalue weighted by Crippen LogP contribution is 2.07. The fourth-order valence-electron chi connectivity index (χ4n) is 2.11. The van der Waals surface area contributed by atoms with Gasteiger partial charge in [-0.05, 0) is 24.3 Å². The van der Waals surface area contributed by atoms with Crippen molar-refractivity contribution < 1.29 is 9.59 Å².